The lowest BCUT2D eigenvalue weighted by molar-refractivity contribution is 0.102. The Bertz CT molecular complexity index is 895. The Kier molecular flexibility index (Phi) is 6.79. The van der Waals surface area contributed by atoms with Crippen molar-refractivity contribution >= 4 is 56.5 Å². The molecule has 5 nitrogen and oxygen atoms in total. The number of amides is 1. The number of carbonyl (C=O) groups is 1. The van der Waals surface area contributed by atoms with Crippen LogP contribution >= 0.6 is 34.9 Å². The summed E-state index contributed by atoms with van der Waals surface area (Å²) in [4.78, 5) is 13.1. The van der Waals surface area contributed by atoms with Crippen molar-refractivity contribution in [1.29, 1.82) is 0 Å². The average molecular weight is 451 g/mol. The number of alkyl halides is 2. The number of nitrogens with zero attached hydrogens (tertiary/aromatic N) is 1. The van der Waals surface area contributed by atoms with Gasteiger partial charge in [0.05, 0.1) is 0 Å². The monoisotopic (exact) mass is 450 g/mol. The van der Waals surface area contributed by atoms with Gasteiger partial charge >= 0.3 is 0 Å². The van der Waals surface area contributed by atoms with Crippen molar-refractivity contribution in [3.8, 4) is 0 Å². The Morgan fingerprint density at radius 1 is 1.15 bits per heavy atom. The van der Waals surface area contributed by atoms with Crippen LogP contribution in [0.2, 0.25) is 0 Å². The minimum Gasteiger partial charge on any atom is -0.321 e. The molecule has 1 N–H and O–H groups in total. The van der Waals surface area contributed by atoms with E-state index in [0.29, 0.717) is 35.4 Å². The number of benzene rings is 1. The number of thiophene rings is 1. The Labute approximate surface area is 168 Å². The van der Waals surface area contributed by atoms with Crippen molar-refractivity contribution in [2.75, 3.05) is 29.9 Å². The van der Waals surface area contributed by atoms with Gasteiger partial charge in [0.1, 0.15) is 9.77 Å². The molecular formula is C16H16F2N2O3S4. The maximum absolute atomic E-state index is 12.8. The molecule has 0 atom stereocenters. The zero-order chi connectivity index (χ0) is 19.4. The van der Waals surface area contributed by atoms with E-state index in [2.05, 4.69) is 5.32 Å². The van der Waals surface area contributed by atoms with Crippen LogP contribution in [0.25, 0.3) is 0 Å². The van der Waals surface area contributed by atoms with Gasteiger partial charge in [-0.3, -0.25) is 4.79 Å². The lowest BCUT2D eigenvalue weighted by Gasteiger charge is -2.25. The SMILES string of the molecule is O=C(Nc1ccc(SC(F)F)cc1)c1sccc1S(=O)(=O)N1CCSCC1. The molecule has 0 spiro atoms. The maximum atomic E-state index is 12.8. The van der Waals surface area contributed by atoms with Crippen LogP contribution < -0.4 is 5.32 Å². The highest BCUT2D eigenvalue weighted by Crippen LogP contribution is 2.29. The number of anilines is 1. The Hall–Kier alpha value is -1.14. The van der Waals surface area contributed by atoms with Gasteiger partial charge in [-0.2, -0.15) is 24.8 Å². The van der Waals surface area contributed by atoms with Gasteiger partial charge in [-0.25, -0.2) is 8.42 Å². The molecule has 2 heterocycles. The molecule has 0 radical (unpaired) electrons. The summed E-state index contributed by atoms with van der Waals surface area (Å²) in [6.07, 6.45) is 0. The van der Waals surface area contributed by atoms with Gasteiger partial charge in [0, 0.05) is 35.2 Å². The number of hydrogen-bond acceptors (Lipinski definition) is 6. The number of sulfonamides is 1. The van der Waals surface area contributed by atoms with E-state index < -0.39 is 21.7 Å². The molecule has 0 saturated carbocycles. The van der Waals surface area contributed by atoms with E-state index in [9.17, 15) is 22.0 Å². The lowest BCUT2D eigenvalue weighted by Crippen LogP contribution is -2.38. The van der Waals surface area contributed by atoms with Crippen molar-refractivity contribution in [3.05, 3.63) is 40.6 Å². The molecule has 1 aromatic heterocycles. The van der Waals surface area contributed by atoms with Crippen molar-refractivity contribution in [2.45, 2.75) is 15.5 Å². The van der Waals surface area contributed by atoms with Crippen LogP contribution in [0.3, 0.4) is 0 Å². The number of nitrogens with one attached hydrogen (secondary N) is 1. The van der Waals surface area contributed by atoms with Crippen molar-refractivity contribution in [3.63, 3.8) is 0 Å². The van der Waals surface area contributed by atoms with Crippen LogP contribution in [0.1, 0.15) is 9.67 Å². The normalized spacial score (nSPS) is 15.8. The van der Waals surface area contributed by atoms with Crippen LogP contribution in [0.15, 0.2) is 45.5 Å². The lowest BCUT2D eigenvalue weighted by atomic mass is 10.3. The second-order valence-corrected chi connectivity index (χ2v) is 10.6. The third-order valence-electron chi connectivity index (χ3n) is 3.76. The number of halogens is 2. The molecular weight excluding hydrogens is 434 g/mol. The molecule has 3 rings (SSSR count). The summed E-state index contributed by atoms with van der Waals surface area (Å²) in [6.45, 7) is 0.848. The first-order chi connectivity index (χ1) is 12.9. The highest BCUT2D eigenvalue weighted by Gasteiger charge is 2.31. The zero-order valence-corrected chi connectivity index (χ0v) is 17.2. The molecule has 0 bridgehead atoms. The van der Waals surface area contributed by atoms with Crippen LogP contribution in [0.5, 0.6) is 0 Å². The first-order valence-corrected chi connectivity index (χ1v) is 12.2. The molecule has 0 unspecified atom stereocenters. The quantitative estimate of drug-likeness (QED) is 0.673. The number of rotatable bonds is 6. The van der Waals surface area contributed by atoms with Gasteiger partial charge in [0.15, 0.2) is 0 Å². The number of hydrogen-bond donors (Lipinski definition) is 1. The first kappa shape index (κ1) is 20.6. The second-order valence-electron chi connectivity index (χ2n) is 5.49. The fourth-order valence-electron chi connectivity index (χ4n) is 2.50. The van der Waals surface area contributed by atoms with Crippen molar-refractivity contribution in [1.82, 2.24) is 4.31 Å². The fourth-order valence-corrected chi connectivity index (χ4v) is 6.87. The largest absolute Gasteiger partial charge is 0.321 e. The second kappa shape index (κ2) is 8.91. The van der Waals surface area contributed by atoms with Crippen LogP contribution in [-0.4, -0.2) is 49.0 Å². The minimum atomic E-state index is -3.72. The van der Waals surface area contributed by atoms with Crippen LogP contribution in [-0.2, 0) is 10.0 Å². The molecule has 2 aromatic rings. The third kappa shape index (κ3) is 5.02. The van der Waals surface area contributed by atoms with Crippen LogP contribution in [0, 0.1) is 0 Å². The molecule has 1 aliphatic heterocycles. The van der Waals surface area contributed by atoms with Crippen molar-refractivity contribution in [2.24, 2.45) is 0 Å². The molecule has 11 heteroatoms. The Morgan fingerprint density at radius 2 is 1.81 bits per heavy atom. The van der Waals surface area contributed by atoms with Gasteiger partial charge in [-0.05, 0) is 35.7 Å². The van der Waals surface area contributed by atoms with E-state index in [1.54, 1.807) is 17.1 Å². The predicted octanol–water partition coefficient (Wildman–Crippen LogP) is 4.05. The summed E-state index contributed by atoms with van der Waals surface area (Å²) in [6, 6.07) is 7.41. The maximum Gasteiger partial charge on any atom is 0.288 e. The number of carbonyl (C=O) groups excluding carboxylic acids is 1. The zero-order valence-electron chi connectivity index (χ0n) is 13.9. The molecule has 0 aliphatic carbocycles. The summed E-state index contributed by atoms with van der Waals surface area (Å²) in [5.41, 5.74) is 0.407. The van der Waals surface area contributed by atoms with E-state index in [0.717, 1.165) is 22.8 Å². The molecule has 1 aliphatic rings. The molecule has 1 aromatic carbocycles. The Morgan fingerprint density at radius 3 is 2.44 bits per heavy atom. The van der Waals surface area contributed by atoms with Crippen molar-refractivity contribution < 1.29 is 22.0 Å². The molecule has 1 fully saturated rings. The van der Waals surface area contributed by atoms with Gasteiger partial charge in [0.25, 0.3) is 11.7 Å². The standard InChI is InChI=1S/C16H16F2N2O3S4/c17-16(18)26-12-3-1-11(2-4-12)19-15(21)14-13(5-8-25-14)27(22,23)20-6-9-24-10-7-20/h1-5,8,16H,6-7,9-10H2,(H,19,21). The first-order valence-electron chi connectivity index (χ1n) is 7.89. The van der Waals surface area contributed by atoms with E-state index >= 15 is 0 Å². The summed E-state index contributed by atoms with van der Waals surface area (Å²) in [7, 11) is -3.72. The van der Waals surface area contributed by atoms with Gasteiger partial charge < -0.3 is 5.32 Å². The topological polar surface area (TPSA) is 66.5 Å². The molecule has 27 heavy (non-hydrogen) atoms. The number of thioether (sulfide) groups is 2. The Balaban J connectivity index is 1.75. The highest BCUT2D eigenvalue weighted by molar-refractivity contribution is 7.99. The van der Waals surface area contributed by atoms with E-state index in [1.807, 2.05) is 0 Å². The average Bonchev–Trinajstić information content (AvgIpc) is 3.14. The highest BCUT2D eigenvalue weighted by atomic mass is 32.2. The fraction of sp³-hybridized carbons (Fsp3) is 0.312. The van der Waals surface area contributed by atoms with E-state index in [4.69, 9.17) is 0 Å². The van der Waals surface area contributed by atoms with E-state index in [1.165, 1.54) is 34.6 Å². The summed E-state index contributed by atoms with van der Waals surface area (Å²) in [5.74, 6) is -1.59. The van der Waals surface area contributed by atoms with E-state index in [-0.39, 0.29) is 9.77 Å². The summed E-state index contributed by atoms with van der Waals surface area (Å²) >= 11 is 3.17. The molecule has 1 saturated heterocycles. The van der Waals surface area contributed by atoms with Crippen LogP contribution in [0.4, 0.5) is 14.5 Å². The minimum absolute atomic E-state index is 0.00164. The summed E-state index contributed by atoms with van der Waals surface area (Å²) in [5, 5.41) is 4.20. The molecule has 146 valence electrons. The molecule has 1 amide bonds. The summed E-state index contributed by atoms with van der Waals surface area (Å²) < 4.78 is 51.8. The van der Waals surface area contributed by atoms with Gasteiger partial charge in [0.2, 0.25) is 10.0 Å². The third-order valence-corrected chi connectivity index (χ3v) is 8.41. The van der Waals surface area contributed by atoms with Gasteiger partial charge in [-0.15, -0.1) is 11.3 Å². The van der Waals surface area contributed by atoms with Gasteiger partial charge in [-0.1, -0.05) is 11.8 Å². The smallest absolute Gasteiger partial charge is 0.288 e. The predicted molar refractivity (Wildman–Crippen MR) is 107 cm³/mol.